The minimum absolute atomic E-state index is 0.301. The third-order valence-electron chi connectivity index (χ3n) is 1.85. The molecule has 0 heterocycles. The van der Waals surface area contributed by atoms with Gasteiger partial charge in [-0.25, -0.2) is 4.79 Å². The molecule has 4 heteroatoms. The van der Waals surface area contributed by atoms with Crippen molar-refractivity contribution in [1.29, 1.82) is 0 Å². The SMILES string of the molecule is Cc1ccc(C(O)C(=O)O)cc1N. The molecule has 70 valence electrons. The molecule has 0 aromatic heterocycles. The average Bonchev–Trinajstić information content (AvgIpc) is 2.08. The van der Waals surface area contributed by atoms with E-state index in [4.69, 9.17) is 15.9 Å². The highest BCUT2D eigenvalue weighted by molar-refractivity contribution is 5.74. The monoisotopic (exact) mass is 181 g/mol. The zero-order chi connectivity index (χ0) is 10.0. The van der Waals surface area contributed by atoms with Crippen LogP contribution in [0.2, 0.25) is 0 Å². The van der Waals surface area contributed by atoms with E-state index in [1.165, 1.54) is 6.07 Å². The third-order valence-corrected chi connectivity index (χ3v) is 1.85. The smallest absolute Gasteiger partial charge is 0.337 e. The van der Waals surface area contributed by atoms with Crippen LogP contribution in [0.5, 0.6) is 0 Å². The number of nitrogen functional groups attached to an aromatic ring is 1. The number of rotatable bonds is 2. The lowest BCUT2D eigenvalue weighted by Gasteiger charge is -2.07. The summed E-state index contributed by atoms with van der Waals surface area (Å²) >= 11 is 0. The highest BCUT2D eigenvalue weighted by Crippen LogP contribution is 2.18. The van der Waals surface area contributed by atoms with Crippen LogP contribution in [0.3, 0.4) is 0 Å². The molecule has 1 rings (SSSR count). The lowest BCUT2D eigenvalue weighted by Crippen LogP contribution is -2.10. The summed E-state index contributed by atoms with van der Waals surface area (Å²) < 4.78 is 0. The van der Waals surface area contributed by atoms with Crippen molar-refractivity contribution in [2.45, 2.75) is 13.0 Å². The van der Waals surface area contributed by atoms with Crippen LogP contribution in [0.1, 0.15) is 17.2 Å². The van der Waals surface area contributed by atoms with Gasteiger partial charge in [-0.3, -0.25) is 0 Å². The van der Waals surface area contributed by atoms with E-state index in [1.807, 2.05) is 6.92 Å². The predicted octanol–water partition coefficient (Wildman–Crippen LogP) is 0.695. The van der Waals surface area contributed by atoms with Gasteiger partial charge in [0.15, 0.2) is 6.10 Å². The van der Waals surface area contributed by atoms with Gasteiger partial charge in [0.1, 0.15) is 0 Å². The predicted molar refractivity (Wildman–Crippen MR) is 48.2 cm³/mol. The Morgan fingerprint density at radius 1 is 1.54 bits per heavy atom. The van der Waals surface area contributed by atoms with Crippen molar-refractivity contribution >= 4 is 11.7 Å². The Labute approximate surface area is 75.6 Å². The molecule has 4 nitrogen and oxygen atoms in total. The Hall–Kier alpha value is -1.55. The summed E-state index contributed by atoms with van der Waals surface area (Å²) in [5, 5.41) is 17.7. The molecule has 0 aliphatic rings. The van der Waals surface area contributed by atoms with Gasteiger partial charge in [0, 0.05) is 5.69 Å². The van der Waals surface area contributed by atoms with Gasteiger partial charge in [0.05, 0.1) is 0 Å². The van der Waals surface area contributed by atoms with Gasteiger partial charge in [-0.05, 0) is 24.1 Å². The van der Waals surface area contributed by atoms with E-state index in [-0.39, 0.29) is 0 Å². The zero-order valence-electron chi connectivity index (χ0n) is 7.19. The lowest BCUT2D eigenvalue weighted by molar-refractivity contribution is -0.146. The quantitative estimate of drug-likeness (QED) is 0.586. The summed E-state index contributed by atoms with van der Waals surface area (Å²) in [6, 6.07) is 4.69. The summed E-state index contributed by atoms with van der Waals surface area (Å²) in [5.74, 6) is -1.27. The minimum atomic E-state index is -1.50. The molecule has 0 amide bonds. The fourth-order valence-corrected chi connectivity index (χ4v) is 0.972. The first-order valence-corrected chi connectivity index (χ1v) is 3.79. The number of aliphatic hydroxyl groups is 1. The molecule has 4 N–H and O–H groups in total. The molecule has 0 fully saturated rings. The van der Waals surface area contributed by atoms with Gasteiger partial charge >= 0.3 is 5.97 Å². The van der Waals surface area contributed by atoms with Gasteiger partial charge in [0.25, 0.3) is 0 Å². The maximum Gasteiger partial charge on any atom is 0.337 e. The van der Waals surface area contributed by atoms with E-state index >= 15 is 0 Å². The first-order chi connectivity index (χ1) is 6.02. The maximum atomic E-state index is 10.4. The molecule has 0 aliphatic heterocycles. The van der Waals surface area contributed by atoms with Gasteiger partial charge in [-0.15, -0.1) is 0 Å². The van der Waals surface area contributed by atoms with Crippen molar-refractivity contribution in [2.75, 3.05) is 5.73 Å². The Morgan fingerprint density at radius 2 is 2.15 bits per heavy atom. The van der Waals surface area contributed by atoms with Gasteiger partial charge in [0.2, 0.25) is 0 Å². The number of aliphatic carboxylic acids is 1. The fourth-order valence-electron chi connectivity index (χ4n) is 0.972. The second-order valence-corrected chi connectivity index (χ2v) is 2.86. The molecule has 1 aromatic carbocycles. The molecular formula is C9H11NO3. The standard InChI is InChI=1S/C9H11NO3/c1-5-2-3-6(4-7(5)10)8(11)9(12)13/h2-4,8,11H,10H2,1H3,(H,12,13). The molecule has 1 unspecified atom stereocenters. The number of carboxylic acid groups (broad SMARTS) is 1. The first kappa shape index (κ1) is 9.54. The molecule has 13 heavy (non-hydrogen) atoms. The van der Waals surface area contributed by atoms with Crippen LogP contribution in [0.4, 0.5) is 5.69 Å². The summed E-state index contributed by atoms with van der Waals surface area (Å²) in [6.45, 7) is 1.81. The van der Waals surface area contributed by atoms with Crippen LogP contribution < -0.4 is 5.73 Å². The second-order valence-electron chi connectivity index (χ2n) is 2.86. The van der Waals surface area contributed by atoms with Crippen molar-refractivity contribution in [1.82, 2.24) is 0 Å². The highest BCUT2D eigenvalue weighted by atomic mass is 16.4. The van der Waals surface area contributed by atoms with E-state index in [0.29, 0.717) is 11.3 Å². The Morgan fingerprint density at radius 3 is 2.62 bits per heavy atom. The highest BCUT2D eigenvalue weighted by Gasteiger charge is 2.15. The number of hydrogen-bond acceptors (Lipinski definition) is 3. The van der Waals surface area contributed by atoms with Crippen LogP contribution >= 0.6 is 0 Å². The van der Waals surface area contributed by atoms with Crippen molar-refractivity contribution in [2.24, 2.45) is 0 Å². The van der Waals surface area contributed by atoms with Crippen molar-refractivity contribution in [3.8, 4) is 0 Å². The summed E-state index contributed by atoms with van der Waals surface area (Å²) in [5.41, 5.74) is 7.20. The van der Waals surface area contributed by atoms with Crippen molar-refractivity contribution in [3.05, 3.63) is 29.3 Å². The van der Waals surface area contributed by atoms with Crippen LogP contribution in [0, 0.1) is 6.92 Å². The van der Waals surface area contributed by atoms with E-state index in [0.717, 1.165) is 5.56 Å². The van der Waals surface area contributed by atoms with Crippen LogP contribution in [-0.4, -0.2) is 16.2 Å². The van der Waals surface area contributed by atoms with Crippen LogP contribution in [-0.2, 0) is 4.79 Å². The summed E-state index contributed by atoms with van der Waals surface area (Å²) in [4.78, 5) is 10.4. The molecule has 0 radical (unpaired) electrons. The van der Waals surface area contributed by atoms with Crippen LogP contribution in [0.15, 0.2) is 18.2 Å². The molecular weight excluding hydrogens is 170 g/mol. The van der Waals surface area contributed by atoms with E-state index in [9.17, 15) is 4.79 Å². The Balaban J connectivity index is 3.03. The summed E-state index contributed by atoms with van der Waals surface area (Å²) in [6.07, 6.45) is -1.50. The largest absolute Gasteiger partial charge is 0.479 e. The molecule has 0 spiro atoms. The van der Waals surface area contributed by atoms with Crippen molar-refractivity contribution < 1.29 is 15.0 Å². The third kappa shape index (κ3) is 1.97. The number of hydrogen-bond donors (Lipinski definition) is 3. The Bertz CT molecular complexity index is 336. The number of carbonyl (C=O) groups is 1. The molecule has 0 saturated carbocycles. The number of aliphatic hydroxyl groups excluding tert-OH is 1. The van der Waals surface area contributed by atoms with Gasteiger partial charge < -0.3 is 15.9 Å². The zero-order valence-corrected chi connectivity index (χ0v) is 7.19. The average molecular weight is 181 g/mol. The lowest BCUT2D eigenvalue weighted by atomic mass is 10.1. The Kier molecular flexibility index (Phi) is 2.53. The minimum Gasteiger partial charge on any atom is -0.479 e. The molecule has 0 bridgehead atoms. The normalized spacial score (nSPS) is 12.5. The molecule has 0 saturated heterocycles. The maximum absolute atomic E-state index is 10.4. The molecule has 1 atom stereocenters. The number of carboxylic acids is 1. The topological polar surface area (TPSA) is 83.5 Å². The number of anilines is 1. The van der Waals surface area contributed by atoms with Gasteiger partial charge in [-0.1, -0.05) is 12.1 Å². The van der Waals surface area contributed by atoms with E-state index in [1.54, 1.807) is 12.1 Å². The van der Waals surface area contributed by atoms with E-state index < -0.39 is 12.1 Å². The first-order valence-electron chi connectivity index (χ1n) is 3.79. The van der Waals surface area contributed by atoms with Gasteiger partial charge in [-0.2, -0.15) is 0 Å². The fraction of sp³-hybridized carbons (Fsp3) is 0.222. The number of aryl methyl sites for hydroxylation is 1. The molecule has 1 aromatic rings. The molecule has 0 aliphatic carbocycles. The van der Waals surface area contributed by atoms with E-state index in [2.05, 4.69) is 0 Å². The van der Waals surface area contributed by atoms with Crippen molar-refractivity contribution in [3.63, 3.8) is 0 Å². The summed E-state index contributed by atoms with van der Waals surface area (Å²) in [7, 11) is 0. The number of nitrogens with two attached hydrogens (primary N) is 1. The second kappa shape index (κ2) is 3.45. The van der Waals surface area contributed by atoms with Crippen LogP contribution in [0.25, 0.3) is 0 Å². The number of benzene rings is 1.